The molecule has 0 fully saturated rings. The molecule has 0 atom stereocenters. The zero-order valence-corrected chi connectivity index (χ0v) is 13.4. The quantitative estimate of drug-likeness (QED) is 0.585. The summed E-state index contributed by atoms with van der Waals surface area (Å²) in [5, 5.41) is 15.8. The van der Waals surface area contributed by atoms with E-state index in [-0.39, 0.29) is 5.63 Å². The van der Waals surface area contributed by atoms with Crippen molar-refractivity contribution in [2.75, 3.05) is 5.32 Å². The Morgan fingerprint density at radius 3 is 2.91 bits per heavy atom. The highest BCUT2D eigenvalue weighted by atomic mass is 32.1. The lowest BCUT2D eigenvalue weighted by atomic mass is 10.1. The van der Waals surface area contributed by atoms with Gasteiger partial charge in [-0.1, -0.05) is 0 Å². The van der Waals surface area contributed by atoms with E-state index in [1.165, 1.54) is 17.4 Å². The van der Waals surface area contributed by atoms with E-state index < -0.39 is 0 Å². The lowest BCUT2D eigenvalue weighted by Gasteiger charge is -2.04. The molecular formula is C17H13N3O2S. The van der Waals surface area contributed by atoms with E-state index in [2.05, 4.69) is 16.4 Å². The molecule has 5 nitrogen and oxygen atoms in total. The first-order valence-corrected chi connectivity index (χ1v) is 7.78. The van der Waals surface area contributed by atoms with Crippen LogP contribution in [0.15, 0.2) is 45.1 Å². The van der Waals surface area contributed by atoms with Crippen LogP contribution in [0.1, 0.15) is 16.3 Å². The average molecular weight is 323 g/mol. The molecule has 2 heterocycles. The van der Waals surface area contributed by atoms with Crippen LogP contribution in [-0.4, -0.2) is 4.98 Å². The maximum atomic E-state index is 11.5. The van der Waals surface area contributed by atoms with Gasteiger partial charge < -0.3 is 9.73 Å². The van der Waals surface area contributed by atoms with Crippen molar-refractivity contribution in [2.45, 2.75) is 13.8 Å². The van der Waals surface area contributed by atoms with E-state index in [0.717, 1.165) is 22.3 Å². The number of aryl methyl sites for hydroxylation is 2. The first-order chi connectivity index (χ1) is 11.1. The Bertz CT molecular complexity index is 1010. The van der Waals surface area contributed by atoms with Crippen LogP contribution in [0.3, 0.4) is 0 Å². The standard InChI is InChI=1S/C17H13N3O2S/c1-10-5-16(21)22-15-6-13(3-4-14(10)15)19-8-12(7-18)17-20-11(2)9-23-17/h3-6,8-9,19H,1-2H3/b12-8+. The molecule has 0 aliphatic heterocycles. The molecule has 0 saturated heterocycles. The number of anilines is 1. The number of hydrogen-bond acceptors (Lipinski definition) is 6. The molecule has 0 aliphatic carbocycles. The van der Waals surface area contributed by atoms with Crippen molar-refractivity contribution in [1.82, 2.24) is 4.98 Å². The number of allylic oxidation sites excluding steroid dienone is 1. The highest BCUT2D eigenvalue weighted by Crippen LogP contribution is 2.22. The molecule has 114 valence electrons. The fourth-order valence-corrected chi connectivity index (χ4v) is 2.95. The van der Waals surface area contributed by atoms with Gasteiger partial charge >= 0.3 is 5.63 Å². The molecule has 6 heteroatoms. The van der Waals surface area contributed by atoms with Gasteiger partial charge in [-0.05, 0) is 31.5 Å². The Kier molecular flexibility index (Phi) is 3.96. The Hall–Kier alpha value is -2.91. The van der Waals surface area contributed by atoms with Gasteiger partial charge in [0.25, 0.3) is 0 Å². The molecular weight excluding hydrogens is 310 g/mol. The first kappa shape index (κ1) is 15.0. The van der Waals surface area contributed by atoms with Gasteiger partial charge in [0.1, 0.15) is 22.2 Å². The average Bonchev–Trinajstić information content (AvgIpc) is 2.94. The Labute approximate surface area is 136 Å². The van der Waals surface area contributed by atoms with Gasteiger partial charge in [0.05, 0.1) is 0 Å². The second kappa shape index (κ2) is 6.07. The van der Waals surface area contributed by atoms with Crippen molar-refractivity contribution in [3.05, 3.63) is 62.5 Å². The van der Waals surface area contributed by atoms with Crippen LogP contribution >= 0.6 is 11.3 Å². The van der Waals surface area contributed by atoms with Crippen LogP contribution in [0, 0.1) is 25.2 Å². The van der Waals surface area contributed by atoms with Crippen LogP contribution in [0.25, 0.3) is 16.5 Å². The van der Waals surface area contributed by atoms with E-state index >= 15 is 0 Å². The molecule has 2 aromatic heterocycles. The molecule has 3 aromatic rings. The number of hydrogen-bond donors (Lipinski definition) is 1. The van der Waals surface area contributed by atoms with E-state index in [1.807, 2.05) is 31.4 Å². The molecule has 0 radical (unpaired) electrons. The van der Waals surface area contributed by atoms with Gasteiger partial charge in [-0.15, -0.1) is 11.3 Å². The summed E-state index contributed by atoms with van der Waals surface area (Å²) >= 11 is 1.42. The van der Waals surface area contributed by atoms with Gasteiger partial charge in [-0.25, -0.2) is 9.78 Å². The van der Waals surface area contributed by atoms with E-state index in [1.54, 1.807) is 12.3 Å². The lowest BCUT2D eigenvalue weighted by Crippen LogP contribution is -1.98. The minimum absolute atomic E-state index is 0.376. The predicted molar refractivity (Wildman–Crippen MR) is 91.3 cm³/mol. The second-order valence-corrected chi connectivity index (χ2v) is 5.93. The van der Waals surface area contributed by atoms with Crippen LogP contribution in [0.2, 0.25) is 0 Å². The van der Waals surface area contributed by atoms with Gasteiger partial charge in [0, 0.05) is 40.5 Å². The van der Waals surface area contributed by atoms with Crippen LogP contribution < -0.4 is 10.9 Å². The topological polar surface area (TPSA) is 78.9 Å². The SMILES string of the molecule is Cc1csc(/C(C#N)=C/Nc2ccc3c(C)cc(=O)oc3c2)n1. The summed E-state index contributed by atoms with van der Waals surface area (Å²) in [6, 6.07) is 9.08. The highest BCUT2D eigenvalue weighted by Gasteiger charge is 2.06. The van der Waals surface area contributed by atoms with Crippen molar-refractivity contribution in [2.24, 2.45) is 0 Å². The zero-order chi connectivity index (χ0) is 16.4. The molecule has 1 N–H and O–H groups in total. The zero-order valence-electron chi connectivity index (χ0n) is 12.6. The van der Waals surface area contributed by atoms with Crippen LogP contribution in [0.5, 0.6) is 0 Å². The Balaban J connectivity index is 1.93. The maximum Gasteiger partial charge on any atom is 0.336 e. The van der Waals surface area contributed by atoms with Gasteiger partial charge in [-0.3, -0.25) is 0 Å². The van der Waals surface area contributed by atoms with Gasteiger partial charge in [0.15, 0.2) is 0 Å². The number of thiazole rings is 1. The largest absolute Gasteiger partial charge is 0.423 e. The monoisotopic (exact) mass is 323 g/mol. The number of nitrogens with one attached hydrogen (secondary N) is 1. The smallest absolute Gasteiger partial charge is 0.336 e. The summed E-state index contributed by atoms with van der Waals surface area (Å²) in [6.45, 7) is 3.75. The van der Waals surface area contributed by atoms with E-state index in [9.17, 15) is 10.1 Å². The molecule has 23 heavy (non-hydrogen) atoms. The molecule has 0 aliphatic rings. The minimum atomic E-state index is -0.376. The molecule has 1 aromatic carbocycles. The normalized spacial score (nSPS) is 11.4. The summed E-state index contributed by atoms with van der Waals surface area (Å²) in [5.74, 6) is 0. The van der Waals surface area contributed by atoms with Gasteiger partial charge in [-0.2, -0.15) is 5.26 Å². The van der Waals surface area contributed by atoms with Gasteiger partial charge in [0.2, 0.25) is 0 Å². The maximum absolute atomic E-state index is 11.5. The number of benzene rings is 1. The Morgan fingerprint density at radius 2 is 2.22 bits per heavy atom. The summed E-state index contributed by atoms with van der Waals surface area (Å²) in [6.07, 6.45) is 1.60. The van der Waals surface area contributed by atoms with Crippen molar-refractivity contribution in [1.29, 1.82) is 5.26 Å². The number of rotatable bonds is 3. The fraction of sp³-hybridized carbons (Fsp3) is 0.118. The first-order valence-electron chi connectivity index (χ1n) is 6.90. The molecule has 0 amide bonds. The second-order valence-electron chi connectivity index (χ2n) is 5.07. The Morgan fingerprint density at radius 1 is 1.39 bits per heavy atom. The van der Waals surface area contributed by atoms with E-state index in [0.29, 0.717) is 16.2 Å². The van der Waals surface area contributed by atoms with Crippen molar-refractivity contribution >= 4 is 33.6 Å². The van der Waals surface area contributed by atoms with Crippen LogP contribution in [0.4, 0.5) is 5.69 Å². The number of nitriles is 1. The fourth-order valence-electron chi connectivity index (χ4n) is 2.19. The molecule has 3 rings (SSSR count). The number of fused-ring (bicyclic) bond motifs is 1. The van der Waals surface area contributed by atoms with Crippen molar-refractivity contribution in [3.63, 3.8) is 0 Å². The summed E-state index contributed by atoms with van der Waals surface area (Å²) < 4.78 is 5.21. The lowest BCUT2D eigenvalue weighted by molar-refractivity contribution is 0.560. The highest BCUT2D eigenvalue weighted by molar-refractivity contribution is 7.10. The third kappa shape index (κ3) is 3.15. The molecule has 0 saturated carbocycles. The minimum Gasteiger partial charge on any atom is -0.423 e. The molecule has 0 unspecified atom stereocenters. The third-order valence-electron chi connectivity index (χ3n) is 3.30. The predicted octanol–water partition coefficient (Wildman–Crippen LogP) is 3.84. The number of nitrogens with zero attached hydrogens (tertiary/aromatic N) is 2. The number of aromatic nitrogens is 1. The van der Waals surface area contributed by atoms with Crippen molar-refractivity contribution in [3.8, 4) is 6.07 Å². The summed E-state index contributed by atoms with van der Waals surface area (Å²) in [5.41, 5.74) is 3.07. The van der Waals surface area contributed by atoms with Crippen LogP contribution in [-0.2, 0) is 0 Å². The molecule has 0 bridgehead atoms. The van der Waals surface area contributed by atoms with E-state index in [4.69, 9.17) is 4.42 Å². The summed E-state index contributed by atoms with van der Waals surface area (Å²) in [7, 11) is 0. The third-order valence-corrected chi connectivity index (χ3v) is 4.30. The van der Waals surface area contributed by atoms with Crippen molar-refractivity contribution < 1.29 is 4.42 Å². The molecule has 0 spiro atoms. The summed E-state index contributed by atoms with van der Waals surface area (Å²) in [4.78, 5) is 15.8.